The Hall–Kier alpha value is -1.19. The molecule has 0 saturated heterocycles. The molecule has 0 radical (unpaired) electrons. The average molecular weight is 405 g/mol. The molecule has 0 saturated carbocycles. The summed E-state index contributed by atoms with van der Waals surface area (Å²) in [5.41, 5.74) is 6.98. The van der Waals surface area contributed by atoms with Crippen molar-refractivity contribution in [1.82, 2.24) is 4.98 Å². The van der Waals surface area contributed by atoms with Gasteiger partial charge in [0.1, 0.15) is 0 Å². The molecule has 0 fully saturated rings. The molecule has 3 nitrogen and oxygen atoms in total. The van der Waals surface area contributed by atoms with Crippen molar-refractivity contribution in [2.45, 2.75) is 34.6 Å². The molecule has 0 unspecified atom stereocenters. The van der Waals surface area contributed by atoms with E-state index in [4.69, 9.17) is 25.2 Å². The Balaban J connectivity index is 0.000000891. The molecule has 0 N–H and O–H groups in total. The summed E-state index contributed by atoms with van der Waals surface area (Å²) >= 11 is 0.194. The van der Waals surface area contributed by atoms with Crippen molar-refractivity contribution >= 4 is 37.3 Å². The van der Waals surface area contributed by atoms with E-state index in [1.807, 2.05) is 19.1 Å². The van der Waals surface area contributed by atoms with E-state index in [0.717, 1.165) is 28.2 Å². The number of pyridine rings is 1. The predicted molar refractivity (Wildman–Crippen MR) is 102 cm³/mol. The molecule has 0 aliphatic rings. The maximum atomic E-state index is 9.55. The number of hydrogen-bond acceptors (Lipinski definition) is 2. The summed E-state index contributed by atoms with van der Waals surface area (Å²) < 4.78 is 0. The Morgan fingerprint density at radius 2 is 1.54 bits per heavy atom. The summed E-state index contributed by atoms with van der Waals surface area (Å²) in [4.78, 5) is 9.16. The predicted octanol–water partition coefficient (Wildman–Crippen LogP) is 5.90. The number of hydrogen-bond donors (Lipinski definition) is 0. The summed E-state index contributed by atoms with van der Waals surface area (Å²) in [6.45, 7) is 9.80. The fourth-order valence-corrected chi connectivity index (χ4v) is 2.41. The van der Waals surface area contributed by atoms with Gasteiger partial charge in [0.05, 0.1) is 17.1 Å². The van der Waals surface area contributed by atoms with Crippen LogP contribution in [0.2, 0.25) is 0 Å². The van der Waals surface area contributed by atoms with E-state index in [0.29, 0.717) is 5.69 Å². The van der Waals surface area contributed by atoms with Gasteiger partial charge in [-0.25, -0.2) is 4.98 Å². The number of aryl methyl sites for hydroxylation is 3. The van der Waals surface area contributed by atoms with Crippen LogP contribution in [0.25, 0.3) is 5.41 Å². The Labute approximate surface area is 158 Å². The number of nitrogens with zero attached hydrogens (tertiary/aromatic N) is 3. The average Bonchev–Trinajstić information content (AvgIpc) is 2.51. The first kappa shape index (κ1) is 20.9. The summed E-state index contributed by atoms with van der Waals surface area (Å²) in [5.74, 6) is 0. The molecule has 6 heteroatoms. The van der Waals surface area contributed by atoms with Crippen molar-refractivity contribution in [3.05, 3.63) is 63.8 Å². The Bertz CT molecular complexity index is 735. The van der Waals surface area contributed by atoms with Crippen LogP contribution in [-0.2, 0) is 13.1 Å². The van der Waals surface area contributed by atoms with Gasteiger partial charge in [-0.3, -0.25) is 4.99 Å². The number of benzene rings is 1. The second kappa shape index (κ2) is 9.95. The molecule has 1 aromatic heterocycles. The first-order chi connectivity index (χ1) is 11.3. The topological polar surface area (TPSA) is 47.5 Å². The fraction of sp³-hybridized carbons (Fsp3) is 0.278. The fourth-order valence-electron chi connectivity index (χ4n) is 2.41. The molecule has 2 aromatic rings. The molecule has 0 bridgehead atoms. The Morgan fingerprint density at radius 1 is 1.04 bits per heavy atom. The summed E-state index contributed by atoms with van der Waals surface area (Å²) in [7, 11) is 9.53. The third-order valence-corrected chi connectivity index (χ3v) is 3.41. The molecular formula is C18H20Cl2FeN3. The van der Waals surface area contributed by atoms with E-state index in [2.05, 4.69) is 37.9 Å². The summed E-state index contributed by atoms with van der Waals surface area (Å²) in [5, 5.41) is 9.55. The van der Waals surface area contributed by atoms with Crippen molar-refractivity contribution in [2.24, 2.45) is 4.99 Å². The molecule has 0 atom stereocenters. The molecule has 1 aromatic carbocycles. The molecule has 0 aliphatic carbocycles. The van der Waals surface area contributed by atoms with Crippen molar-refractivity contribution < 1.29 is 13.1 Å². The quantitative estimate of drug-likeness (QED) is 0.463. The first-order valence-corrected chi connectivity index (χ1v) is 10.3. The van der Waals surface area contributed by atoms with E-state index in [1.54, 1.807) is 13.0 Å². The maximum absolute atomic E-state index is 9.55. The SMILES string of the molecule is CC(=[N-])c1cccc(C(C)=Nc2c(C)cc(C)cc2C)n1.[Cl][Fe+][Cl]. The summed E-state index contributed by atoms with van der Waals surface area (Å²) in [6.07, 6.45) is 0. The molecule has 1 heterocycles. The zero-order valence-electron chi connectivity index (χ0n) is 14.3. The van der Waals surface area contributed by atoms with E-state index in [1.165, 1.54) is 5.56 Å². The van der Waals surface area contributed by atoms with Crippen LogP contribution in [0, 0.1) is 20.8 Å². The Kier molecular flexibility index (Phi) is 8.64. The monoisotopic (exact) mass is 404 g/mol. The molecule has 2 rings (SSSR count). The number of aliphatic imine (C=N–C) groups is 1. The van der Waals surface area contributed by atoms with E-state index in [-0.39, 0.29) is 18.8 Å². The molecule has 0 amide bonds. The van der Waals surface area contributed by atoms with Crippen LogP contribution in [0.1, 0.15) is 41.9 Å². The second-order valence-electron chi connectivity index (χ2n) is 5.49. The van der Waals surface area contributed by atoms with E-state index < -0.39 is 0 Å². The normalized spacial score (nSPS) is 10.9. The van der Waals surface area contributed by atoms with Crippen molar-refractivity contribution in [1.29, 1.82) is 0 Å². The van der Waals surface area contributed by atoms with Gasteiger partial charge in [-0.1, -0.05) is 30.7 Å². The summed E-state index contributed by atoms with van der Waals surface area (Å²) in [6, 6.07) is 9.84. The van der Waals surface area contributed by atoms with Gasteiger partial charge in [-0.05, 0) is 51.0 Å². The third-order valence-electron chi connectivity index (χ3n) is 3.41. The number of halogens is 2. The van der Waals surface area contributed by atoms with Gasteiger partial charge in [0.25, 0.3) is 0 Å². The van der Waals surface area contributed by atoms with Crippen molar-refractivity contribution in [3.63, 3.8) is 0 Å². The first-order valence-electron chi connectivity index (χ1n) is 7.28. The zero-order valence-corrected chi connectivity index (χ0v) is 17.0. The molecular weight excluding hydrogens is 385 g/mol. The molecule has 24 heavy (non-hydrogen) atoms. The van der Waals surface area contributed by atoms with Gasteiger partial charge in [0, 0.05) is 5.69 Å². The minimum atomic E-state index is 0.194. The van der Waals surface area contributed by atoms with Gasteiger partial charge in [-0.2, -0.15) is 5.71 Å². The third kappa shape index (κ3) is 6.03. The zero-order chi connectivity index (χ0) is 18.3. The minimum absolute atomic E-state index is 0.194. The molecule has 0 aliphatic heterocycles. The van der Waals surface area contributed by atoms with E-state index >= 15 is 0 Å². The van der Waals surface area contributed by atoms with E-state index in [9.17, 15) is 5.41 Å². The van der Waals surface area contributed by atoms with Crippen LogP contribution >= 0.6 is 20.2 Å². The van der Waals surface area contributed by atoms with Crippen LogP contribution < -0.4 is 0 Å². The standard InChI is InChI=1S/C18H20N3.2ClH.Fe/c1-11-9-12(2)18(13(3)10-11)20-15(5)17-8-6-7-16(21-17)14(4)19;;;/h6-10H,1-5H3;2*1H;/q-1;;;+3/p-2. The number of rotatable bonds is 3. The molecule has 129 valence electrons. The van der Waals surface area contributed by atoms with Crippen LogP contribution in [-0.4, -0.2) is 16.4 Å². The Morgan fingerprint density at radius 3 is 2.04 bits per heavy atom. The van der Waals surface area contributed by atoms with Gasteiger partial charge < -0.3 is 5.41 Å². The van der Waals surface area contributed by atoms with Crippen molar-refractivity contribution in [2.75, 3.05) is 0 Å². The van der Waals surface area contributed by atoms with Gasteiger partial charge in [-0.15, -0.1) is 0 Å². The van der Waals surface area contributed by atoms with Gasteiger partial charge in [0.15, 0.2) is 0 Å². The van der Waals surface area contributed by atoms with Crippen LogP contribution in [0.5, 0.6) is 0 Å². The van der Waals surface area contributed by atoms with Crippen LogP contribution in [0.4, 0.5) is 5.69 Å². The second-order valence-corrected chi connectivity index (χ2v) is 7.31. The van der Waals surface area contributed by atoms with Crippen molar-refractivity contribution in [3.8, 4) is 0 Å². The van der Waals surface area contributed by atoms with Crippen LogP contribution in [0.3, 0.4) is 0 Å². The van der Waals surface area contributed by atoms with Gasteiger partial charge in [0.2, 0.25) is 0 Å². The molecule has 0 spiro atoms. The van der Waals surface area contributed by atoms with Gasteiger partial charge >= 0.3 is 33.3 Å². The number of aromatic nitrogens is 1. The van der Waals surface area contributed by atoms with Crippen LogP contribution in [0.15, 0.2) is 35.3 Å².